The van der Waals surface area contributed by atoms with Gasteiger partial charge < -0.3 is 15.3 Å². The number of rotatable bonds is 2. The monoisotopic (exact) mass is 350 g/mol. The fourth-order valence-corrected chi connectivity index (χ4v) is 6.29. The molecule has 0 aliphatic heterocycles. The highest BCUT2D eigenvalue weighted by Gasteiger charge is 2.70. The maximum atomic E-state index is 13.0. The average Bonchev–Trinajstić information content (AvgIpc) is 2.55. The van der Waals surface area contributed by atoms with Gasteiger partial charge in [-0.25, -0.2) is 0 Å². The Labute approximate surface area is 149 Å². The molecule has 0 spiro atoms. The zero-order valence-electron chi connectivity index (χ0n) is 15.4. The van der Waals surface area contributed by atoms with Crippen molar-refractivity contribution in [2.75, 3.05) is 0 Å². The first-order chi connectivity index (χ1) is 11.5. The normalized spacial score (nSPS) is 52.8. The number of carboxylic acid groups (broad SMARTS) is 1. The van der Waals surface area contributed by atoms with E-state index in [0.29, 0.717) is 19.3 Å². The third-order valence-electron chi connectivity index (χ3n) is 8.11. The molecule has 3 fully saturated rings. The fraction of sp³-hybridized carbons (Fsp3) is 0.800. The average molecular weight is 350 g/mol. The minimum absolute atomic E-state index is 0.0105. The van der Waals surface area contributed by atoms with Gasteiger partial charge in [0.1, 0.15) is 0 Å². The molecular weight excluding hydrogens is 320 g/mol. The maximum absolute atomic E-state index is 13.0. The molecule has 140 valence electrons. The molecule has 0 unspecified atom stereocenters. The van der Waals surface area contributed by atoms with E-state index in [1.807, 2.05) is 13.8 Å². The van der Waals surface area contributed by atoms with Crippen LogP contribution in [0.5, 0.6) is 0 Å². The first kappa shape index (κ1) is 18.6. The van der Waals surface area contributed by atoms with Gasteiger partial charge in [-0.15, -0.1) is 6.58 Å². The largest absolute Gasteiger partial charge is 0.481 e. The Hall–Kier alpha value is -1.20. The van der Waals surface area contributed by atoms with Crippen molar-refractivity contribution in [1.29, 1.82) is 0 Å². The van der Waals surface area contributed by atoms with Crippen molar-refractivity contribution in [2.24, 2.45) is 28.1 Å². The minimum Gasteiger partial charge on any atom is -0.481 e. The summed E-state index contributed by atoms with van der Waals surface area (Å²) >= 11 is 0. The Morgan fingerprint density at radius 1 is 1.20 bits per heavy atom. The van der Waals surface area contributed by atoms with Gasteiger partial charge in [-0.2, -0.15) is 0 Å². The van der Waals surface area contributed by atoms with E-state index in [2.05, 4.69) is 6.58 Å². The van der Waals surface area contributed by atoms with Gasteiger partial charge in [0.15, 0.2) is 11.4 Å². The number of hydrogen-bond donors (Lipinski definition) is 3. The highest BCUT2D eigenvalue weighted by atomic mass is 16.4. The quantitative estimate of drug-likeness (QED) is 0.665. The Balaban J connectivity index is 2.10. The molecule has 3 aliphatic carbocycles. The highest BCUT2D eigenvalue weighted by Crippen LogP contribution is 2.65. The number of fused-ring (bicyclic) bond motifs is 3. The van der Waals surface area contributed by atoms with Gasteiger partial charge in [-0.3, -0.25) is 9.59 Å². The summed E-state index contributed by atoms with van der Waals surface area (Å²) in [5.41, 5.74) is -3.97. The summed E-state index contributed by atoms with van der Waals surface area (Å²) in [4.78, 5) is 25.0. The van der Waals surface area contributed by atoms with E-state index in [-0.39, 0.29) is 12.3 Å². The van der Waals surface area contributed by atoms with Gasteiger partial charge >= 0.3 is 5.97 Å². The maximum Gasteiger partial charge on any atom is 0.309 e. The summed E-state index contributed by atoms with van der Waals surface area (Å²) in [7, 11) is 0. The Kier molecular flexibility index (Phi) is 4.01. The molecule has 5 nitrogen and oxygen atoms in total. The van der Waals surface area contributed by atoms with Crippen molar-refractivity contribution in [2.45, 2.75) is 71.0 Å². The molecule has 3 aliphatic rings. The summed E-state index contributed by atoms with van der Waals surface area (Å²) in [6.45, 7) is 9.36. The predicted octanol–water partition coefficient (Wildman–Crippen LogP) is 2.55. The number of aliphatic carboxylic acids is 1. The van der Waals surface area contributed by atoms with Crippen LogP contribution in [0.2, 0.25) is 0 Å². The van der Waals surface area contributed by atoms with E-state index in [0.717, 1.165) is 12.8 Å². The van der Waals surface area contributed by atoms with Gasteiger partial charge in [0.05, 0.1) is 11.5 Å². The number of carbonyl (C=O) groups is 2. The first-order valence-electron chi connectivity index (χ1n) is 9.27. The molecule has 25 heavy (non-hydrogen) atoms. The lowest BCUT2D eigenvalue weighted by Gasteiger charge is -2.64. The van der Waals surface area contributed by atoms with Gasteiger partial charge in [0, 0.05) is 17.8 Å². The molecule has 7 atom stereocenters. The fourth-order valence-electron chi connectivity index (χ4n) is 6.29. The number of hydrogen-bond acceptors (Lipinski definition) is 4. The van der Waals surface area contributed by atoms with Crippen molar-refractivity contribution in [1.82, 2.24) is 0 Å². The van der Waals surface area contributed by atoms with E-state index in [1.165, 1.54) is 0 Å². The van der Waals surface area contributed by atoms with Crippen molar-refractivity contribution in [3.05, 3.63) is 12.7 Å². The summed E-state index contributed by atoms with van der Waals surface area (Å²) in [5.74, 6) is -2.01. The molecule has 0 amide bonds. The van der Waals surface area contributed by atoms with Crippen LogP contribution in [-0.4, -0.2) is 38.8 Å². The molecular formula is C20H30O5. The number of aliphatic hydroxyl groups excluding tert-OH is 1. The zero-order valence-corrected chi connectivity index (χ0v) is 15.4. The van der Waals surface area contributed by atoms with Gasteiger partial charge in [0.25, 0.3) is 0 Å². The molecule has 0 bridgehead atoms. The van der Waals surface area contributed by atoms with Crippen LogP contribution >= 0.6 is 0 Å². The molecule has 0 heterocycles. The number of carbonyl (C=O) groups excluding carboxylic acids is 1. The van der Waals surface area contributed by atoms with Crippen LogP contribution < -0.4 is 0 Å². The third-order valence-corrected chi connectivity index (χ3v) is 8.11. The standard InChI is InChI=1S/C20H30O5/c1-5-17(2)10-7-12-18(3)8-6-9-19(4,16(23)24)13(18)11-14(21)20(12,25)15(17)22/h5,12-13,15,22,25H,1,6-11H2,2-4H3,(H,23,24)/t12-,13-,15-,17+,18-,19-,20-/m1/s1. The van der Waals surface area contributed by atoms with Crippen LogP contribution in [0.3, 0.4) is 0 Å². The number of Topliss-reactive ketones (excluding diaryl/α,β-unsaturated/α-hetero) is 1. The summed E-state index contributed by atoms with van der Waals surface area (Å²) < 4.78 is 0. The lowest BCUT2D eigenvalue weighted by molar-refractivity contribution is -0.239. The van der Waals surface area contributed by atoms with Crippen LogP contribution in [0.25, 0.3) is 0 Å². The summed E-state index contributed by atoms with van der Waals surface area (Å²) in [6.07, 6.45) is 3.73. The van der Waals surface area contributed by atoms with Crippen LogP contribution in [0, 0.1) is 28.1 Å². The molecule has 0 aromatic heterocycles. The zero-order chi connectivity index (χ0) is 18.8. The summed E-state index contributed by atoms with van der Waals surface area (Å²) in [6, 6.07) is 0. The van der Waals surface area contributed by atoms with E-state index >= 15 is 0 Å². The molecule has 3 N–H and O–H groups in total. The van der Waals surface area contributed by atoms with Gasteiger partial charge in [0.2, 0.25) is 0 Å². The minimum atomic E-state index is -1.82. The van der Waals surface area contributed by atoms with Crippen molar-refractivity contribution < 1.29 is 24.9 Å². The number of carboxylic acids is 1. The lowest BCUT2D eigenvalue weighted by atomic mass is 9.41. The van der Waals surface area contributed by atoms with E-state index in [1.54, 1.807) is 13.0 Å². The van der Waals surface area contributed by atoms with Crippen LogP contribution in [0.15, 0.2) is 12.7 Å². The molecule has 0 aromatic carbocycles. The number of aliphatic hydroxyl groups is 2. The molecule has 0 aromatic rings. The SMILES string of the molecule is C=C[C@@]1(C)CC[C@@H]2[C@@]3(C)CCC[C@@](C)(C(=O)O)[C@@H]3CC(=O)[C@@]2(O)[C@@H]1O. The first-order valence-corrected chi connectivity index (χ1v) is 9.27. The molecule has 3 rings (SSSR count). The lowest BCUT2D eigenvalue weighted by Crippen LogP contribution is -2.72. The molecule has 5 heteroatoms. The highest BCUT2D eigenvalue weighted by molar-refractivity contribution is 5.91. The summed E-state index contributed by atoms with van der Waals surface area (Å²) in [5, 5.41) is 32.2. The Morgan fingerprint density at radius 2 is 1.84 bits per heavy atom. The second kappa shape index (κ2) is 5.40. The Bertz CT molecular complexity index is 630. The topological polar surface area (TPSA) is 94.8 Å². The predicted molar refractivity (Wildman–Crippen MR) is 92.8 cm³/mol. The van der Waals surface area contributed by atoms with E-state index < -0.39 is 45.6 Å². The van der Waals surface area contributed by atoms with Crippen LogP contribution in [0.1, 0.15) is 59.3 Å². The Morgan fingerprint density at radius 3 is 2.40 bits per heavy atom. The number of ketones is 1. The van der Waals surface area contributed by atoms with Crippen LogP contribution in [-0.2, 0) is 9.59 Å². The second-order valence-electron chi connectivity index (χ2n) is 9.29. The van der Waals surface area contributed by atoms with Crippen molar-refractivity contribution >= 4 is 11.8 Å². The second-order valence-corrected chi connectivity index (χ2v) is 9.29. The smallest absolute Gasteiger partial charge is 0.309 e. The third kappa shape index (κ3) is 2.15. The molecule has 0 radical (unpaired) electrons. The van der Waals surface area contributed by atoms with Gasteiger partial charge in [-0.1, -0.05) is 26.3 Å². The van der Waals surface area contributed by atoms with E-state index in [9.17, 15) is 24.9 Å². The molecule has 0 saturated heterocycles. The van der Waals surface area contributed by atoms with Crippen molar-refractivity contribution in [3.8, 4) is 0 Å². The van der Waals surface area contributed by atoms with Gasteiger partial charge in [-0.05, 0) is 43.9 Å². The van der Waals surface area contributed by atoms with Crippen molar-refractivity contribution in [3.63, 3.8) is 0 Å². The van der Waals surface area contributed by atoms with E-state index in [4.69, 9.17) is 0 Å². The molecule has 3 saturated carbocycles. The van der Waals surface area contributed by atoms with Crippen LogP contribution in [0.4, 0.5) is 0 Å².